The van der Waals surface area contributed by atoms with Crippen molar-refractivity contribution >= 4 is 64.0 Å². The molecule has 1 heterocycles. The molecule has 0 bridgehead atoms. The van der Waals surface area contributed by atoms with Gasteiger partial charge in [-0.25, -0.2) is 0 Å². The molecule has 5 rings (SSSR count). The predicted molar refractivity (Wildman–Crippen MR) is 151 cm³/mol. The Hall–Kier alpha value is -1.79. The van der Waals surface area contributed by atoms with Gasteiger partial charge in [-0.3, -0.25) is 19.3 Å². The summed E-state index contributed by atoms with van der Waals surface area (Å²) in [6.07, 6.45) is 2.87. The number of halogens is 4. The summed E-state index contributed by atoms with van der Waals surface area (Å²) in [4.78, 5) is 41.8. The molecule has 202 valence electrons. The highest BCUT2D eigenvalue weighted by atomic mass is 35.5. The van der Waals surface area contributed by atoms with Crippen LogP contribution in [0.1, 0.15) is 101 Å². The van der Waals surface area contributed by atoms with Crippen molar-refractivity contribution in [3.63, 3.8) is 0 Å². The number of benzene rings is 2. The molecule has 0 unspecified atom stereocenters. The molecule has 5 nitrogen and oxygen atoms in total. The number of rotatable bonds is 4. The predicted octanol–water partition coefficient (Wildman–Crippen LogP) is 8.38. The molecule has 2 aromatic carbocycles. The van der Waals surface area contributed by atoms with Gasteiger partial charge in [0.1, 0.15) is 5.75 Å². The smallest absolute Gasteiger partial charge is 0.263 e. The van der Waals surface area contributed by atoms with Crippen molar-refractivity contribution in [3.8, 4) is 5.75 Å². The zero-order valence-electron chi connectivity index (χ0n) is 21.9. The minimum absolute atomic E-state index is 0.0192. The molecule has 2 aliphatic carbocycles. The third-order valence-corrected chi connectivity index (χ3v) is 10.9. The molecule has 2 amide bonds. The van der Waals surface area contributed by atoms with Gasteiger partial charge in [0.25, 0.3) is 11.8 Å². The quantitative estimate of drug-likeness (QED) is 0.202. The molecular formula is C29H29Cl4NO4. The number of Topliss-reactive ketones (excluding diaryl/α,β-unsaturated/α-hetero) is 1. The van der Waals surface area contributed by atoms with Crippen LogP contribution in [0, 0.1) is 11.3 Å². The van der Waals surface area contributed by atoms with Gasteiger partial charge in [0.15, 0.2) is 5.78 Å². The van der Waals surface area contributed by atoms with E-state index in [2.05, 4.69) is 27.7 Å². The van der Waals surface area contributed by atoms with Crippen LogP contribution in [0.25, 0.3) is 0 Å². The number of ether oxygens (including phenoxy) is 1. The molecular weight excluding hydrogens is 568 g/mol. The van der Waals surface area contributed by atoms with Crippen LogP contribution in [0.15, 0.2) is 12.1 Å². The largest absolute Gasteiger partial charge is 0.496 e. The van der Waals surface area contributed by atoms with Crippen molar-refractivity contribution in [1.29, 1.82) is 0 Å². The molecule has 3 aliphatic rings. The topological polar surface area (TPSA) is 63.7 Å². The number of imide groups is 1. The molecule has 2 aromatic rings. The molecule has 1 aliphatic heterocycles. The molecule has 9 heteroatoms. The number of ketones is 1. The van der Waals surface area contributed by atoms with Gasteiger partial charge in [0.05, 0.1) is 38.3 Å². The number of amides is 2. The maximum absolute atomic E-state index is 13.6. The SMILES string of the molecule is COc1cc2c(cc1C(C)C)C(=O)C[C@H]1[C@](C)(CN3C(=O)c4c(Cl)c(Cl)c(Cl)c(Cl)c4C3=O)CCC[C@]21C. The summed E-state index contributed by atoms with van der Waals surface area (Å²) in [7, 11) is 1.65. The summed E-state index contributed by atoms with van der Waals surface area (Å²) >= 11 is 25.1. The van der Waals surface area contributed by atoms with Crippen molar-refractivity contribution in [1.82, 2.24) is 4.90 Å². The number of methoxy groups -OCH3 is 1. The fourth-order valence-electron chi connectivity index (χ4n) is 7.08. The van der Waals surface area contributed by atoms with Gasteiger partial charge in [-0.2, -0.15) is 0 Å². The number of carbonyl (C=O) groups excluding carboxylic acids is 3. The second kappa shape index (κ2) is 9.40. The lowest BCUT2D eigenvalue weighted by Crippen LogP contribution is -2.55. The van der Waals surface area contributed by atoms with E-state index in [-0.39, 0.29) is 60.8 Å². The van der Waals surface area contributed by atoms with E-state index in [1.807, 2.05) is 12.1 Å². The zero-order chi connectivity index (χ0) is 27.9. The van der Waals surface area contributed by atoms with Crippen LogP contribution in [-0.2, 0) is 5.41 Å². The van der Waals surface area contributed by atoms with E-state index < -0.39 is 17.2 Å². The van der Waals surface area contributed by atoms with Crippen LogP contribution in [0.2, 0.25) is 20.1 Å². The second-order valence-electron chi connectivity index (χ2n) is 11.6. The van der Waals surface area contributed by atoms with Gasteiger partial charge in [-0.05, 0) is 58.8 Å². The van der Waals surface area contributed by atoms with Gasteiger partial charge >= 0.3 is 0 Å². The van der Waals surface area contributed by atoms with Crippen molar-refractivity contribution in [3.05, 3.63) is 60.0 Å². The van der Waals surface area contributed by atoms with E-state index in [1.165, 1.54) is 4.90 Å². The number of fused-ring (bicyclic) bond motifs is 4. The first-order valence-electron chi connectivity index (χ1n) is 12.7. The Bertz CT molecular complexity index is 1370. The fourth-order valence-corrected chi connectivity index (χ4v) is 8.10. The summed E-state index contributed by atoms with van der Waals surface area (Å²) in [5.41, 5.74) is 1.85. The third kappa shape index (κ3) is 3.83. The van der Waals surface area contributed by atoms with Crippen molar-refractivity contribution in [2.45, 2.75) is 64.7 Å². The first kappa shape index (κ1) is 27.8. The summed E-state index contributed by atoms with van der Waals surface area (Å²) < 4.78 is 5.74. The van der Waals surface area contributed by atoms with E-state index in [1.54, 1.807) is 7.11 Å². The molecule has 0 radical (unpaired) electrons. The Morgan fingerprint density at radius 3 is 2.05 bits per heavy atom. The van der Waals surface area contributed by atoms with Crippen LogP contribution in [0.5, 0.6) is 5.75 Å². The third-order valence-electron chi connectivity index (χ3n) is 9.06. The standard InChI is InChI=1S/C29H29Cl4NO4/c1-13(2)14-9-15-16(10-18(14)38-5)29(4)8-6-7-28(3,19(29)11-17(15)35)12-34-26(36)20-21(27(34)37)23(31)25(33)24(32)22(20)30/h9-10,13,19H,6-8,11-12H2,1-5H3/t19-,28-,29+/m0/s1. The van der Waals surface area contributed by atoms with E-state index in [0.717, 1.165) is 41.7 Å². The molecule has 0 spiro atoms. The number of hydrogen-bond donors (Lipinski definition) is 0. The van der Waals surface area contributed by atoms with Crippen molar-refractivity contribution < 1.29 is 19.1 Å². The van der Waals surface area contributed by atoms with Crippen LogP contribution in [0.4, 0.5) is 0 Å². The van der Waals surface area contributed by atoms with E-state index in [4.69, 9.17) is 51.1 Å². The maximum Gasteiger partial charge on any atom is 0.263 e. The lowest BCUT2D eigenvalue weighted by Gasteiger charge is -2.55. The van der Waals surface area contributed by atoms with E-state index in [9.17, 15) is 14.4 Å². The van der Waals surface area contributed by atoms with Gasteiger partial charge in [0.2, 0.25) is 0 Å². The molecule has 0 N–H and O–H groups in total. The Balaban J connectivity index is 1.57. The highest BCUT2D eigenvalue weighted by Crippen LogP contribution is 2.59. The Kier molecular flexibility index (Phi) is 6.87. The number of nitrogens with zero attached hydrogens (tertiary/aromatic N) is 1. The first-order valence-corrected chi connectivity index (χ1v) is 14.3. The molecule has 1 fully saturated rings. The molecule has 1 saturated carbocycles. The minimum Gasteiger partial charge on any atom is -0.496 e. The van der Waals surface area contributed by atoms with Crippen molar-refractivity contribution in [2.24, 2.45) is 11.3 Å². The highest BCUT2D eigenvalue weighted by Gasteiger charge is 2.56. The number of hydrogen-bond acceptors (Lipinski definition) is 4. The monoisotopic (exact) mass is 595 g/mol. The first-order chi connectivity index (χ1) is 17.8. The normalized spacial score (nSPS) is 26.5. The summed E-state index contributed by atoms with van der Waals surface area (Å²) in [6.45, 7) is 8.57. The lowest BCUT2D eigenvalue weighted by atomic mass is 9.49. The fraction of sp³-hybridized carbons (Fsp3) is 0.483. The maximum atomic E-state index is 13.6. The molecule has 0 aromatic heterocycles. The van der Waals surface area contributed by atoms with Crippen LogP contribution in [-0.4, -0.2) is 36.2 Å². The molecule has 0 saturated heterocycles. The Labute approximate surface area is 242 Å². The van der Waals surface area contributed by atoms with Crippen LogP contribution >= 0.6 is 46.4 Å². The molecule has 3 atom stereocenters. The minimum atomic E-state index is -0.547. The summed E-state index contributed by atoms with van der Waals surface area (Å²) in [5, 5.41) is -0.266. The number of carbonyl (C=O) groups is 3. The highest BCUT2D eigenvalue weighted by molar-refractivity contribution is 6.55. The van der Waals surface area contributed by atoms with E-state index in [0.29, 0.717) is 6.42 Å². The van der Waals surface area contributed by atoms with Crippen LogP contribution < -0.4 is 4.74 Å². The van der Waals surface area contributed by atoms with Gasteiger partial charge in [-0.1, -0.05) is 80.5 Å². The Morgan fingerprint density at radius 1 is 0.947 bits per heavy atom. The van der Waals surface area contributed by atoms with Gasteiger partial charge in [-0.15, -0.1) is 0 Å². The average molecular weight is 597 g/mol. The zero-order valence-corrected chi connectivity index (χ0v) is 25.0. The lowest BCUT2D eigenvalue weighted by molar-refractivity contribution is 0.00420. The van der Waals surface area contributed by atoms with Gasteiger partial charge < -0.3 is 4.74 Å². The summed E-state index contributed by atoms with van der Waals surface area (Å²) in [5.74, 6) is -0.128. The average Bonchev–Trinajstić information content (AvgIpc) is 3.11. The van der Waals surface area contributed by atoms with Crippen molar-refractivity contribution in [2.75, 3.05) is 13.7 Å². The Morgan fingerprint density at radius 2 is 1.53 bits per heavy atom. The van der Waals surface area contributed by atoms with E-state index >= 15 is 0 Å². The molecule has 38 heavy (non-hydrogen) atoms. The second-order valence-corrected chi connectivity index (χ2v) is 13.1. The summed E-state index contributed by atoms with van der Waals surface area (Å²) in [6, 6.07) is 4.03. The van der Waals surface area contributed by atoms with Gasteiger partial charge in [0, 0.05) is 18.5 Å². The van der Waals surface area contributed by atoms with Crippen LogP contribution in [0.3, 0.4) is 0 Å².